The second kappa shape index (κ2) is 6.41. The van der Waals surface area contributed by atoms with Crippen LogP contribution in [0.1, 0.15) is 59.2 Å². The zero-order chi connectivity index (χ0) is 18.4. The van der Waals surface area contributed by atoms with E-state index in [1.807, 2.05) is 0 Å². The van der Waals surface area contributed by atoms with E-state index in [-0.39, 0.29) is 11.2 Å². The Kier molecular flexibility index (Phi) is 4.34. The predicted octanol–water partition coefficient (Wildman–Crippen LogP) is 5.03. The summed E-state index contributed by atoms with van der Waals surface area (Å²) in [6.07, 6.45) is 7.88. The van der Waals surface area contributed by atoms with E-state index in [1.165, 1.54) is 29.9 Å². The summed E-state index contributed by atoms with van der Waals surface area (Å²) in [4.78, 5) is 4.83. The summed E-state index contributed by atoms with van der Waals surface area (Å²) in [7, 11) is 0. The van der Waals surface area contributed by atoms with Crippen molar-refractivity contribution in [3.63, 3.8) is 0 Å². The maximum atomic E-state index is 6.20. The molecule has 2 aliphatic heterocycles. The molecule has 2 aromatic rings. The SMILES string of the molecule is CC1(C)CC(Nc2ccc(-c3cn4c(n3)CCCC4)cc2)CC(C)(C)O1. The third-order valence-electron chi connectivity index (χ3n) is 5.49. The van der Waals surface area contributed by atoms with Crippen LogP contribution in [-0.2, 0) is 17.7 Å². The molecule has 1 N–H and O–H groups in total. The van der Waals surface area contributed by atoms with E-state index in [0.717, 1.165) is 31.5 Å². The van der Waals surface area contributed by atoms with Crippen LogP contribution in [0.3, 0.4) is 0 Å². The van der Waals surface area contributed by atoms with Crippen LogP contribution >= 0.6 is 0 Å². The molecule has 0 aliphatic carbocycles. The third kappa shape index (κ3) is 3.80. The standard InChI is InChI=1S/C22H31N3O/c1-21(2)13-18(14-22(3,4)26-21)23-17-10-8-16(9-11-17)19-15-25-12-6-5-7-20(25)24-19/h8-11,15,18,23H,5-7,12-14H2,1-4H3. The van der Waals surface area contributed by atoms with E-state index in [1.54, 1.807) is 0 Å². The van der Waals surface area contributed by atoms with Gasteiger partial charge in [0.25, 0.3) is 0 Å². The Bertz CT molecular complexity index is 734. The highest BCUT2D eigenvalue weighted by atomic mass is 16.5. The minimum Gasteiger partial charge on any atom is -0.382 e. The molecule has 0 unspecified atom stereocenters. The summed E-state index contributed by atoms with van der Waals surface area (Å²) < 4.78 is 8.51. The maximum absolute atomic E-state index is 6.20. The molecule has 1 fully saturated rings. The first-order valence-corrected chi connectivity index (χ1v) is 9.93. The molecule has 0 bridgehead atoms. The highest BCUT2D eigenvalue weighted by molar-refractivity contribution is 5.62. The number of hydrogen-bond acceptors (Lipinski definition) is 3. The maximum Gasteiger partial charge on any atom is 0.109 e. The van der Waals surface area contributed by atoms with Crippen LogP contribution in [0, 0.1) is 0 Å². The quantitative estimate of drug-likeness (QED) is 0.841. The zero-order valence-electron chi connectivity index (χ0n) is 16.5. The number of ether oxygens (including phenoxy) is 1. The molecule has 0 saturated carbocycles. The van der Waals surface area contributed by atoms with Crippen molar-refractivity contribution in [3.8, 4) is 11.3 Å². The van der Waals surface area contributed by atoms with Crippen LogP contribution in [0.5, 0.6) is 0 Å². The number of aryl methyl sites for hydroxylation is 2. The molecule has 140 valence electrons. The van der Waals surface area contributed by atoms with E-state index in [2.05, 4.69) is 68.0 Å². The Labute approximate surface area is 157 Å². The van der Waals surface area contributed by atoms with Crippen molar-refractivity contribution in [2.45, 2.75) is 83.6 Å². The Morgan fingerprint density at radius 1 is 1.04 bits per heavy atom. The number of imidazole rings is 1. The molecule has 26 heavy (non-hydrogen) atoms. The number of benzene rings is 1. The minimum absolute atomic E-state index is 0.0884. The number of nitrogens with one attached hydrogen (secondary N) is 1. The van der Waals surface area contributed by atoms with E-state index < -0.39 is 0 Å². The molecular formula is C22H31N3O. The number of fused-ring (bicyclic) bond motifs is 1. The topological polar surface area (TPSA) is 39.1 Å². The Morgan fingerprint density at radius 3 is 2.38 bits per heavy atom. The molecule has 2 aliphatic rings. The monoisotopic (exact) mass is 353 g/mol. The van der Waals surface area contributed by atoms with Gasteiger partial charge in [0, 0.05) is 36.5 Å². The molecule has 0 amide bonds. The first kappa shape index (κ1) is 17.6. The van der Waals surface area contributed by atoms with Crippen LogP contribution in [0.25, 0.3) is 11.3 Å². The molecule has 1 aromatic carbocycles. The van der Waals surface area contributed by atoms with Gasteiger partial charge in [-0.15, -0.1) is 0 Å². The lowest BCUT2D eigenvalue weighted by Gasteiger charge is -2.45. The highest BCUT2D eigenvalue weighted by Crippen LogP contribution is 2.36. The van der Waals surface area contributed by atoms with Crippen molar-refractivity contribution >= 4 is 5.69 Å². The summed E-state index contributed by atoms with van der Waals surface area (Å²) in [5.74, 6) is 1.24. The average Bonchev–Trinajstić information content (AvgIpc) is 2.96. The largest absolute Gasteiger partial charge is 0.382 e. The molecule has 4 nitrogen and oxygen atoms in total. The van der Waals surface area contributed by atoms with Crippen LogP contribution in [0.4, 0.5) is 5.69 Å². The first-order chi connectivity index (χ1) is 12.3. The number of nitrogens with zero attached hydrogens (tertiary/aromatic N) is 2. The summed E-state index contributed by atoms with van der Waals surface area (Å²) in [6.45, 7) is 9.86. The lowest BCUT2D eigenvalue weighted by atomic mass is 9.85. The third-order valence-corrected chi connectivity index (χ3v) is 5.49. The van der Waals surface area contributed by atoms with Gasteiger partial charge in [0.05, 0.1) is 16.9 Å². The van der Waals surface area contributed by atoms with Crippen LogP contribution in [0.2, 0.25) is 0 Å². The van der Waals surface area contributed by atoms with Crippen molar-refractivity contribution in [2.75, 3.05) is 5.32 Å². The van der Waals surface area contributed by atoms with Gasteiger partial charge in [0.1, 0.15) is 5.82 Å². The van der Waals surface area contributed by atoms with Crippen LogP contribution < -0.4 is 5.32 Å². The van der Waals surface area contributed by atoms with Crippen molar-refractivity contribution in [3.05, 3.63) is 36.3 Å². The van der Waals surface area contributed by atoms with E-state index in [4.69, 9.17) is 9.72 Å². The van der Waals surface area contributed by atoms with Gasteiger partial charge in [0.2, 0.25) is 0 Å². The second-order valence-electron chi connectivity index (χ2n) is 9.14. The fourth-order valence-electron chi connectivity index (χ4n) is 4.72. The second-order valence-corrected chi connectivity index (χ2v) is 9.14. The van der Waals surface area contributed by atoms with Crippen molar-refractivity contribution in [1.29, 1.82) is 0 Å². The number of anilines is 1. The average molecular weight is 354 g/mol. The highest BCUT2D eigenvalue weighted by Gasteiger charge is 2.39. The Balaban J connectivity index is 1.47. The minimum atomic E-state index is -0.0884. The van der Waals surface area contributed by atoms with Crippen molar-refractivity contribution in [2.24, 2.45) is 0 Å². The zero-order valence-corrected chi connectivity index (χ0v) is 16.5. The Hall–Kier alpha value is -1.81. The molecule has 3 heterocycles. The summed E-state index contributed by atoms with van der Waals surface area (Å²) in [5.41, 5.74) is 3.30. The summed E-state index contributed by atoms with van der Waals surface area (Å²) in [5, 5.41) is 3.71. The van der Waals surface area contributed by atoms with Crippen molar-refractivity contribution in [1.82, 2.24) is 9.55 Å². The van der Waals surface area contributed by atoms with Gasteiger partial charge >= 0.3 is 0 Å². The van der Waals surface area contributed by atoms with Gasteiger partial charge in [-0.1, -0.05) is 12.1 Å². The summed E-state index contributed by atoms with van der Waals surface area (Å²) >= 11 is 0. The number of rotatable bonds is 3. The lowest BCUT2D eigenvalue weighted by molar-refractivity contribution is -0.158. The molecule has 4 heteroatoms. The smallest absolute Gasteiger partial charge is 0.109 e. The predicted molar refractivity (Wildman–Crippen MR) is 106 cm³/mol. The molecule has 0 atom stereocenters. The molecule has 1 saturated heterocycles. The van der Waals surface area contributed by atoms with Gasteiger partial charge in [-0.25, -0.2) is 4.98 Å². The Morgan fingerprint density at radius 2 is 1.73 bits per heavy atom. The molecule has 1 aromatic heterocycles. The normalized spacial score (nSPS) is 22.0. The summed E-state index contributed by atoms with van der Waals surface area (Å²) in [6, 6.07) is 9.17. The van der Waals surface area contributed by atoms with E-state index in [0.29, 0.717) is 6.04 Å². The van der Waals surface area contributed by atoms with E-state index in [9.17, 15) is 0 Å². The fraction of sp³-hybridized carbons (Fsp3) is 0.591. The molecule has 4 rings (SSSR count). The van der Waals surface area contributed by atoms with E-state index >= 15 is 0 Å². The van der Waals surface area contributed by atoms with Crippen LogP contribution in [-0.4, -0.2) is 26.8 Å². The van der Waals surface area contributed by atoms with Gasteiger partial charge in [0.15, 0.2) is 0 Å². The first-order valence-electron chi connectivity index (χ1n) is 9.93. The molecular weight excluding hydrogens is 322 g/mol. The van der Waals surface area contributed by atoms with Crippen molar-refractivity contribution < 1.29 is 4.74 Å². The van der Waals surface area contributed by atoms with Gasteiger partial charge in [-0.2, -0.15) is 0 Å². The number of hydrogen-bond donors (Lipinski definition) is 1. The number of aromatic nitrogens is 2. The van der Waals surface area contributed by atoms with Crippen LogP contribution in [0.15, 0.2) is 30.5 Å². The van der Waals surface area contributed by atoms with Gasteiger partial charge < -0.3 is 14.6 Å². The van der Waals surface area contributed by atoms with Gasteiger partial charge in [-0.05, 0) is 65.5 Å². The molecule has 0 spiro atoms. The lowest BCUT2D eigenvalue weighted by Crippen LogP contribution is -2.49. The van der Waals surface area contributed by atoms with Gasteiger partial charge in [-0.3, -0.25) is 0 Å². The fourth-order valence-corrected chi connectivity index (χ4v) is 4.72. The molecule has 0 radical (unpaired) electrons.